The third kappa shape index (κ3) is 2.33. The van der Waals surface area contributed by atoms with Crippen molar-refractivity contribution in [2.75, 3.05) is 13.3 Å². The number of likely N-dealkylation sites (tertiary alicyclic amines) is 2. The molecular formula is C10H13N3O4. The highest BCUT2D eigenvalue weighted by molar-refractivity contribution is 6.02. The highest BCUT2D eigenvalue weighted by Gasteiger charge is 2.30. The Bertz CT molecular complexity index is 325. The number of nitrogens with zero attached hydrogens (tertiary/aromatic N) is 2. The van der Waals surface area contributed by atoms with E-state index >= 15 is 0 Å². The molecule has 2 aliphatic heterocycles. The van der Waals surface area contributed by atoms with Crippen molar-refractivity contribution in [3.05, 3.63) is 0 Å². The van der Waals surface area contributed by atoms with E-state index in [1.807, 2.05) is 0 Å². The topological polar surface area (TPSA) is 86.8 Å². The van der Waals surface area contributed by atoms with Gasteiger partial charge in [0.1, 0.15) is 0 Å². The second-order valence-electron chi connectivity index (χ2n) is 4.00. The van der Waals surface area contributed by atoms with Gasteiger partial charge in [-0.3, -0.25) is 34.3 Å². The first-order valence-corrected chi connectivity index (χ1v) is 5.46. The zero-order valence-electron chi connectivity index (χ0n) is 9.27. The van der Waals surface area contributed by atoms with Gasteiger partial charge in [-0.1, -0.05) is 0 Å². The predicted octanol–water partition coefficient (Wildman–Crippen LogP) is -1.21. The van der Waals surface area contributed by atoms with Gasteiger partial charge < -0.3 is 0 Å². The van der Waals surface area contributed by atoms with Crippen molar-refractivity contribution in [1.29, 1.82) is 0 Å². The molecule has 2 rings (SSSR count). The van der Waals surface area contributed by atoms with Crippen LogP contribution in [-0.2, 0) is 19.2 Å². The van der Waals surface area contributed by atoms with E-state index in [0.29, 0.717) is 0 Å². The SMILES string of the molecule is O=C1CCC(=O)N1CNCN1C(=O)CCC1=O. The Kier molecular flexibility index (Phi) is 3.19. The molecule has 17 heavy (non-hydrogen) atoms. The fraction of sp³-hybridized carbons (Fsp3) is 0.600. The van der Waals surface area contributed by atoms with Gasteiger partial charge in [-0.25, -0.2) is 0 Å². The summed E-state index contributed by atoms with van der Waals surface area (Å²) in [6.45, 7) is 0.101. The highest BCUT2D eigenvalue weighted by atomic mass is 16.2. The fourth-order valence-corrected chi connectivity index (χ4v) is 1.87. The molecule has 2 saturated heterocycles. The van der Waals surface area contributed by atoms with Gasteiger partial charge in [0.15, 0.2) is 0 Å². The summed E-state index contributed by atoms with van der Waals surface area (Å²) in [5, 5.41) is 2.76. The lowest BCUT2D eigenvalue weighted by molar-refractivity contribution is -0.139. The van der Waals surface area contributed by atoms with Gasteiger partial charge >= 0.3 is 0 Å². The molecule has 2 heterocycles. The van der Waals surface area contributed by atoms with E-state index in [-0.39, 0.29) is 62.6 Å². The standard InChI is InChI=1S/C10H13N3O4/c14-7-1-2-8(15)12(7)5-11-6-13-9(16)3-4-10(13)17/h11H,1-6H2. The molecule has 0 aromatic rings. The molecule has 0 unspecified atom stereocenters. The molecule has 0 bridgehead atoms. The quantitative estimate of drug-likeness (QED) is 0.622. The Balaban J connectivity index is 1.79. The third-order valence-corrected chi connectivity index (χ3v) is 2.85. The molecule has 2 aliphatic rings. The van der Waals surface area contributed by atoms with Gasteiger partial charge in [0.05, 0.1) is 13.3 Å². The van der Waals surface area contributed by atoms with Crippen LogP contribution in [-0.4, -0.2) is 46.8 Å². The minimum Gasteiger partial charge on any atom is -0.281 e. The lowest BCUT2D eigenvalue weighted by atomic mass is 10.4. The second-order valence-corrected chi connectivity index (χ2v) is 4.00. The van der Waals surface area contributed by atoms with E-state index in [1.54, 1.807) is 0 Å². The number of nitrogens with one attached hydrogen (secondary N) is 1. The maximum atomic E-state index is 11.3. The zero-order valence-corrected chi connectivity index (χ0v) is 9.27. The summed E-state index contributed by atoms with van der Waals surface area (Å²) in [5.41, 5.74) is 0. The molecular weight excluding hydrogens is 226 g/mol. The van der Waals surface area contributed by atoms with Gasteiger partial charge in [0.2, 0.25) is 23.6 Å². The Morgan fingerprint density at radius 2 is 1.00 bits per heavy atom. The Morgan fingerprint density at radius 3 is 1.29 bits per heavy atom. The van der Waals surface area contributed by atoms with Crippen molar-refractivity contribution in [1.82, 2.24) is 15.1 Å². The first kappa shape index (κ1) is 11.7. The number of rotatable bonds is 4. The van der Waals surface area contributed by atoms with E-state index in [9.17, 15) is 19.2 Å². The van der Waals surface area contributed by atoms with Gasteiger partial charge in [0.25, 0.3) is 0 Å². The van der Waals surface area contributed by atoms with Crippen LogP contribution in [0.4, 0.5) is 0 Å². The molecule has 0 radical (unpaired) electrons. The number of amides is 4. The van der Waals surface area contributed by atoms with E-state index in [0.717, 1.165) is 9.80 Å². The largest absolute Gasteiger partial charge is 0.281 e. The summed E-state index contributed by atoms with van der Waals surface area (Å²) in [6.07, 6.45) is 0.953. The fourth-order valence-electron chi connectivity index (χ4n) is 1.87. The number of imide groups is 2. The van der Waals surface area contributed by atoms with Crippen LogP contribution < -0.4 is 5.32 Å². The average molecular weight is 239 g/mol. The molecule has 2 fully saturated rings. The van der Waals surface area contributed by atoms with Crippen LogP contribution in [0.25, 0.3) is 0 Å². The van der Waals surface area contributed by atoms with Gasteiger partial charge in [-0.15, -0.1) is 0 Å². The molecule has 0 atom stereocenters. The van der Waals surface area contributed by atoms with Gasteiger partial charge in [-0.05, 0) is 0 Å². The molecule has 7 nitrogen and oxygen atoms in total. The first-order chi connectivity index (χ1) is 8.09. The summed E-state index contributed by atoms with van der Waals surface area (Å²) in [4.78, 5) is 47.2. The van der Waals surface area contributed by atoms with Crippen molar-refractivity contribution < 1.29 is 19.2 Å². The smallest absolute Gasteiger partial charge is 0.230 e. The number of carbonyl (C=O) groups excluding carboxylic acids is 4. The van der Waals surface area contributed by atoms with Crippen LogP contribution in [0, 0.1) is 0 Å². The predicted molar refractivity (Wildman–Crippen MR) is 55.0 cm³/mol. The van der Waals surface area contributed by atoms with Crippen LogP contribution in [0.1, 0.15) is 25.7 Å². The summed E-state index contributed by atoms with van der Waals surface area (Å²) in [6, 6.07) is 0. The number of hydrogen-bond acceptors (Lipinski definition) is 5. The zero-order chi connectivity index (χ0) is 12.4. The van der Waals surface area contributed by atoms with Crippen molar-refractivity contribution in [3.8, 4) is 0 Å². The Hall–Kier alpha value is -1.76. The molecule has 92 valence electrons. The molecule has 0 aromatic carbocycles. The van der Waals surface area contributed by atoms with E-state index < -0.39 is 0 Å². The maximum Gasteiger partial charge on any atom is 0.230 e. The van der Waals surface area contributed by atoms with Crippen molar-refractivity contribution >= 4 is 23.6 Å². The monoisotopic (exact) mass is 239 g/mol. The summed E-state index contributed by atoms with van der Waals surface area (Å²) < 4.78 is 0. The van der Waals surface area contributed by atoms with Gasteiger partial charge in [-0.2, -0.15) is 0 Å². The highest BCUT2D eigenvalue weighted by Crippen LogP contribution is 2.11. The third-order valence-electron chi connectivity index (χ3n) is 2.85. The van der Waals surface area contributed by atoms with Crippen LogP contribution in [0.2, 0.25) is 0 Å². The molecule has 0 aromatic heterocycles. The van der Waals surface area contributed by atoms with Crippen LogP contribution in [0.15, 0.2) is 0 Å². The van der Waals surface area contributed by atoms with Crippen LogP contribution in [0.5, 0.6) is 0 Å². The molecule has 0 spiro atoms. The Morgan fingerprint density at radius 1 is 0.706 bits per heavy atom. The van der Waals surface area contributed by atoms with Crippen molar-refractivity contribution in [2.45, 2.75) is 25.7 Å². The van der Waals surface area contributed by atoms with E-state index in [2.05, 4.69) is 5.32 Å². The summed E-state index contributed by atoms with van der Waals surface area (Å²) >= 11 is 0. The molecule has 0 saturated carbocycles. The molecule has 0 aliphatic carbocycles. The lowest BCUT2D eigenvalue weighted by Gasteiger charge is -2.18. The minimum atomic E-state index is -0.221. The van der Waals surface area contributed by atoms with Gasteiger partial charge in [0, 0.05) is 25.7 Å². The van der Waals surface area contributed by atoms with E-state index in [4.69, 9.17) is 0 Å². The summed E-state index contributed by atoms with van der Waals surface area (Å²) in [7, 11) is 0. The number of hydrogen-bond donors (Lipinski definition) is 1. The minimum absolute atomic E-state index is 0.0503. The van der Waals surface area contributed by atoms with Crippen LogP contribution in [0.3, 0.4) is 0 Å². The average Bonchev–Trinajstić information content (AvgIpc) is 2.77. The molecule has 7 heteroatoms. The normalized spacial score (nSPS) is 20.9. The summed E-state index contributed by atoms with van der Waals surface area (Å²) in [5.74, 6) is -0.883. The number of carbonyl (C=O) groups is 4. The van der Waals surface area contributed by atoms with Crippen LogP contribution >= 0.6 is 0 Å². The molecule has 1 N–H and O–H groups in total. The molecule has 4 amide bonds. The first-order valence-electron chi connectivity index (χ1n) is 5.46. The maximum absolute atomic E-state index is 11.3. The Labute approximate surface area is 97.7 Å². The lowest BCUT2D eigenvalue weighted by Crippen LogP contribution is -2.44. The second kappa shape index (κ2) is 4.62. The van der Waals surface area contributed by atoms with E-state index in [1.165, 1.54) is 0 Å². The van der Waals surface area contributed by atoms with Crippen molar-refractivity contribution in [3.63, 3.8) is 0 Å². The van der Waals surface area contributed by atoms with Crippen molar-refractivity contribution in [2.24, 2.45) is 0 Å².